The van der Waals surface area contributed by atoms with Crippen LogP contribution in [0.2, 0.25) is 0 Å². The van der Waals surface area contributed by atoms with Crippen molar-refractivity contribution in [3.63, 3.8) is 0 Å². The standard InChI is InChI=1S/C7H13ClN2O/c1-9(2)6-4-10(5-6)7(11)3-8/h6H,3-5H2,1-2H3. The van der Waals surface area contributed by atoms with Crippen molar-refractivity contribution in [3.05, 3.63) is 0 Å². The molecule has 1 amide bonds. The van der Waals surface area contributed by atoms with E-state index in [0.717, 1.165) is 13.1 Å². The molecule has 0 atom stereocenters. The van der Waals surface area contributed by atoms with Gasteiger partial charge in [-0.3, -0.25) is 4.79 Å². The third kappa shape index (κ3) is 1.84. The van der Waals surface area contributed by atoms with Crippen molar-refractivity contribution < 1.29 is 4.79 Å². The molecule has 64 valence electrons. The Morgan fingerprint density at radius 3 is 2.55 bits per heavy atom. The summed E-state index contributed by atoms with van der Waals surface area (Å²) in [5.74, 6) is 0.157. The van der Waals surface area contributed by atoms with Crippen LogP contribution < -0.4 is 0 Å². The van der Waals surface area contributed by atoms with E-state index in [4.69, 9.17) is 11.6 Å². The predicted molar refractivity (Wildman–Crippen MR) is 44.8 cm³/mol. The zero-order valence-electron chi connectivity index (χ0n) is 6.88. The van der Waals surface area contributed by atoms with E-state index in [1.807, 2.05) is 14.1 Å². The molecule has 0 aromatic rings. The van der Waals surface area contributed by atoms with E-state index in [-0.39, 0.29) is 11.8 Å². The van der Waals surface area contributed by atoms with Crippen LogP contribution in [0.3, 0.4) is 0 Å². The van der Waals surface area contributed by atoms with E-state index in [9.17, 15) is 4.79 Å². The number of rotatable bonds is 2. The number of nitrogens with zero attached hydrogens (tertiary/aromatic N) is 2. The second kappa shape index (κ2) is 3.41. The molecule has 0 aliphatic carbocycles. The lowest BCUT2D eigenvalue weighted by Gasteiger charge is -2.42. The Labute approximate surface area is 71.9 Å². The molecule has 1 heterocycles. The lowest BCUT2D eigenvalue weighted by Crippen LogP contribution is -2.59. The van der Waals surface area contributed by atoms with Gasteiger partial charge in [0.25, 0.3) is 0 Å². The Kier molecular flexibility index (Phi) is 2.73. The lowest BCUT2D eigenvalue weighted by atomic mass is 10.1. The molecule has 3 nitrogen and oxygen atoms in total. The van der Waals surface area contributed by atoms with Crippen LogP contribution in [0.25, 0.3) is 0 Å². The molecule has 0 spiro atoms. The number of halogens is 1. The molecule has 0 unspecified atom stereocenters. The third-order valence-electron chi connectivity index (χ3n) is 2.06. The number of carbonyl (C=O) groups is 1. The summed E-state index contributed by atoms with van der Waals surface area (Å²) in [7, 11) is 4.04. The molecule has 0 aromatic heterocycles. The molecule has 0 radical (unpaired) electrons. The smallest absolute Gasteiger partial charge is 0.237 e. The van der Waals surface area contributed by atoms with Crippen molar-refractivity contribution in [3.8, 4) is 0 Å². The first-order chi connectivity index (χ1) is 5.15. The predicted octanol–water partition coefficient (Wildman–Crippen LogP) is -0.00240. The van der Waals surface area contributed by atoms with Crippen LogP contribution in [0.4, 0.5) is 0 Å². The summed E-state index contributed by atoms with van der Waals surface area (Å²) in [6, 6.07) is 0.530. The minimum Gasteiger partial charge on any atom is -0.338 e. The maximum atomic E-state index is 10.9. The van der Waals surface area contributed by atoms with E-state index in [1.165, 1.54) is 0 Å². The molecule has 4 heteroatoms. The Balaban J connectivity index is 2.24. The van der Waals surface area contributed by atoms with Crippen LogP contribution in [0, 0.1) is 0 Å². The van der Waals surface area contributed by atoms with Gasteiger partial charge in [-0.2, -0.15) is 0 Å². The lowest BCUT2D eigenvalue weighted by molar-refractivity contribution is -0.135. The largest absolute Gasteiger partial charge is 0.338 e. The summed E-state index contributed by atoms with van der Waals surface area (Å²) in [6.45, 7) is 1.66. The zero-order chi connectivity index (χ0) is 8.43. The van der Waals surface area contributed by atoms with E-state index in [2.05, 4.69) is 4.90 Å². The maximum absolute atomic E-state index is 10.9. The second-order valence-corrected chi connectivity index (χ2v) is 3.32. The molecular formula is C7H13ClN2O. The van der Waals surface area contributed by atoms with Crippen LogP contribution in [0.15, 0.2) is 0 Å². The molecule has 0 saturated carbocycles. The Morgan fingerprint density at radius 2 is 2.18 bits per heavy atom. The summed E-state index contributed by atoms with van der Waals surface area (Å²) in [4.78, 5) is 14.8. The molecule has 1 rings (SSSR count). The van der Waals surface area contributed by atoms with Gasteiger partial charge in [0.05, 0.1) is 0 Å². The average molecular weight is 177 g/mol. The number of amides is 1. The van der Waals surface area contributed by atoms with Crippen LogP contribution in [-0.4, -0.2) is 54.8 Å². The highest BCUT2D eigenvalue weighted by molar-refractivity contribution is 6.27. The second-order valence-electron chi connectivity index (χ2n) is 3.05. The highest BCUT2D eigenvalue weighted by Gasteiger charge is 2.30. The van der Waals surface area contributed by atoms with E-state index >= 15 is 0 Å². The first kappa shape index (κ1) is 8.81. The van der Waals surface area contributed by atoms with E-state index < -0.39 is 0 Å². The Hall–Kier alpha value is -0.280. The van der Waals surface area contributed by atoms with E-state index in [0.29, 0.717) is 6.04 Å². The summed E-state index contributed by atoms with van der Waals surface area (Å²) in [5.41, 5.74) is 0. The fourth-order valence-corrected chi connectivity index (χ4v) is 1.24. The van der Waals surface area contributed by atoms with Crippen molar-refractivity contribution in [1.29, 1.82) is 0 Å². The molecule has 0 aromatic carbocycles. The van der Waals surface area contributed by atoms with Gasteiger partial charge in [-0.05, 0) is 14.1 Å². The first-order valence-corrected chi connectivity index (χ1v) is 4.18. The molecule has 1 aliphatic rings. The minimum atomic E-state index is 0.0461. The van der Waals surface area contributed by atoms with Crippen molar-refractivity contribution in [1.82, 2.24) is 9.80 Å². The number of likely N-dealkylation sites (N-methyl/N-ethyl adjacent to an activating group) is 1. The number of alkyl halides is 1. The first-order valence-electron chi connectivity index (χ1n) is 3.65. The normalized spacial score (nSPS) is 18.7. The zero-order valence-corrected chi connectivity index (χ0v) is 7.64. The third-order valence-corrected chi connectivity index (χ3v) is 2.29. The fraction of sp³-hybridized carbons (Fsp3) is 0.857. The van der Waals surface area contributed by atoms with Crippen LogP contribution >= 0.6 is 11.6 Å². The van der Waals surface area contributed by atoms with Crippen LogP contribution in [0.1, 0.15) is 0 Å². The van der Waals surface area contributed by atoms with Crippen molar-refractivity contribution in [2.45, 2.75) is 6.04 Å². The van der Waals surface area contributed by atoms with Gasteiger partial charge < -0.3 is 9.80 Å². The number of hydrogen-bond donors (Lipinski definition) is 0. The summed E-state index contributed by atoms with van der Waals surface area (Å²) in [5, 5.41) is 0. The van der Waals surface area contributed by atoms with Gasteiger partial charge >= 0.3 is 0 Å². The van der Waals surface area contributed by atoms with Gasteiger partial charge in [-0.25, -0.2) is 0 Å². The molecule has 0 bridgehead atoms. The fourth-order valence-electron chi connectivity index (χ4n) is 1.07. The van der Waals surface area contributed by atoms with Gasteiger partial charge in [-0.15, -0.1) is 11.6 Å². The average Bonchev–Trinajstić information content (AvgIpc) is 1.83. The quantitative estimate of drug-likeness (QED) is 0.553. The van der Waals surface area contributed by atoms with Crippen LogP contribution in [-0.2, 0) is 4.79 Å². The monoisotopic (exact) mass is 176 g/mol. The highest BCUT2D eigenvalue weighted by Crippen LogP contribution is 2.12. The Morgan fingerprint density at radius 1 is 1.64 bits per heavy atom. The van der Waals surface area contributed by atoms with Gasteiger partial charge in [0, 0.05) is 19.1 Å². The van der Waals surface area contributed by atoms with Crippen LogP contribution in [0.5, 0.6) is 0 Å². The Bertz CT molecular complexity index is 155. The molecule has 1 fully saturated rings. The molecule has 0 N–H and O–H groups in total. The van der Waals surface area contributed by atoms with E-state index in [1.54, 1.807) is 4.90 Å². The SMILES string of the molecule is CN(C)C1CN(C(=O)CCl)C1. The topological polar surface area (TPSA) is 23.6 Å². The van der Waals surface area contributed by atoms with Crippen molar-refractivity contribution in [2.75, 3.05) is 33.1 Å². The summed E-state index contributed by atoms with van der Waals surface area (Å²) in [6.07, 6.45) is 0. The highest BCUT2D eigenvalue weighted by atomic mass is 35.5. The minimum absolute atomic E-state index is 0.0461. The number of likely N-dealkylation sites (tertiary alicyclic amines) is 1. The number of hydrogen-bond acceptors (Lipinski definition) is 2. The molecular weight excluding hydrogens is 164 g/mol. The van der Waals surface area contributed by atoms with Gasteiger partial charge in [0.1, 0.15) is 5.88 Å². The summed E-state index contributed by atoms with van der Waals surface area (Å²) >= 11 is 5.38. The maximum Gasteiger partial charge on any atom is 0.237 e. The van der Waals surface area contributed by atoms with Gasteiger partial charge in [-0.1, -0.05) is 0 Å². The molecule has 1 saturated heterocycles. The summed E-state index contributed by atoms with van der Waals surface area (Å²) < 4.78 is 0. The molecule has 11 heavy (non-hydrogen) atoms. The van der Waals surface area contributed by atoms with Gasteiger partial charge in [0.15, 0.2) is 0 Å². The van der Waals surface area contributed by atoms with Crippen molar-refractivity contribution >= 4 is 17.5 Å². The molecule has 1 aliphatic heterocycles. The van der Waals surface area contributed by atoms with Gasteiger partial charge in [0.2, 0.25) is 5.91 Å². The number of carbonyl (C=O) groups excluding carboxylic acids is 1. The van der Waals surface area contributed by atoms with Crippen molar-refractivity contribution in [2.24, 2.45) is 0 Å².